The van der Waals surface area contributed by atoms with Crippen molar-refractivity contribution in [2.75, 3.05) is 12.4 Å². The van der Waals surface area contributed by atoms with Gasteiger partial charge in [-0.25, -0.2) is 10.3 Å². The third-order valence-corrected chi connectivity index (χ3v) is 9.91. The Morgan fingerprint density at radius 1 is 1.13 bits per heavy atom. The molecule has 1 N–H and O–H groups in total. The normalized spacial score (nSPS) is 24.5. The summed E-state index contributed by atoms with van der Waals surface area (Å²) in [5, 5.41) is 0. The molecule has 1 amide bonds. The van der Waals surface area contributed by atoms with Crippen molar-refractivity contribution in [3.63, 3.8) is 0 Å². The van der Waals surface area contributed by atoms with E-state index in [-0.39, 0.29) is 22.7 Å². The Morgan fingerprint density at radius 3 is 2.67 bits per heavy atom. The highest BCUT2D eigenvalue weighted by Gasteiger charge is 2.38. The molecular weight excluding hydrogens is 438 g/mol. The average Bonchev–Trinajstić information content (AvgIpc) is 3.44. The van der Waals surface area contributed by atoms with E-state index >= 15 is 0 Å². The zero-order chi connectivity index (χ0) is 21.0. The summed E-state index contributed by atoms with van der Waals surface area (Å²) >= 11 is 5.15. The molecule has 2 aliphatic heterocycles. The summed E-state index contributed by atoms with van der Waals surface area (Å²) in [5.41, 5.74) is 2.64. The van der Waals surface area contributed by atoms with Gasteiger partial charge < -0.3 is 4.74 Å². The smallest absolute Gasteiger partial charge is 0.245 e. The molecular formula is C22H27NO4S3. The molecule has 4 heterocycles. The van der Waals surface area contributed by atoms with Crippen molar-refractivity contribution < 1.29 is 19.2 Å². The lowest BCUT2D eigenvalue weighted by molar-refractivity contribution is -0.200. The predicted octanol–water partition coefficient (Wildman–Crippen LogP) is 5.76. The molecule has 0 bridgehead atoms. The highest BCUT2D eigenvalue weighted by Crippen LogP contribution is 2.51. The minimum absolute atomic E-state index is 0.0940. The van der Waals surface area contributed by atoms with Crippen molar-refractivity contribution >= 4 is 46.1 Å². The van der Waals surface area contributed by atoms with Gasteiger partial charge in [0.05, 0.1) is 9.62 Å². The van der Waals surface area contributed by atoms with Crippen molar-refractivity contribution in [2.24, 2.45) is 0 Å². The number of carbonyl (C=O) groups excluding carboxylic acids is 2. The number of ketones is 1. The van der Waals surface area contributed by atoms with Crippen molar-refractivity contribution in [1.29, 1.82) is 0 Å². The number of amides is 1. The van der Waals surface area contributed by atoms with Crippen LogP contribution in [0.4, 0.5) is 0 Å². The maximum Gasteiger partial charge on any atom is 0.245 e. The fourth-order valence-corrected chi connectivity index (χ4v) is 7.76. The number of hydroxylamine groups is 1. The van der Waals surface area contributed by atoms with Crippen LogP contribution in [-0.4, -0.2) is 30.3 Å². The quantitative estimate of drug-likeness (QED) is 0.416. The van der Waals surface area contributed by atoms with E-state index in [1.54, 1.807) is 18.3 Å². The van der Waals surface area contributed by atoms with E-state index < -0.39 is 0 Å². The minimum atomic E-state index is -0.333. The third kappa shape index (κ3) is 5.16. The number of Topliss-reactive ketones (excluding diaryl/α,β-unsaturated/α-hetero) is 1. The van der Waals surface area contributed by atoms with Crippen LogP contribution in [0.2, 0.25) is 0 Å². The van der Waals surface area contributed by atoms with Gasteiger partial charge in [0, 0.05) is 34.1 Å². The lowest BCUT2D eigenvalue weighted by Gasteiger charge is -2.35. The van der Waals surface area contributed by atoms with Gasteiger partial charge >= 0.3 is 0 Å². The van der Waals surface area contributed by atoms with E-state index in [4.69, 9.17) is 9.57 Å². The van der Waals surface area contributed by atoms with Gasteiger partial charge in [0.2, 0.25) is 5.91 Å². The van der Waals surface area contributed by atoms with E-state index in [9.17, 15) is 9.59 Å². The van der Waals surface area contributed by atoms with E-state index in [1.165, 1.54) is 22.6 Å². The van der Waals surface area contributed by atoms with Gasteiger partial charge in [-0.15, -0.1) is 34.4 Å². The molecule has 2 saturated heterocycles. The Balaban J connectivity index is 1.47. The molecule has 0 radical (unpaired) electrons. The third-order valence-electron chi connectivity index (χ3n) is 5.49. The van der Waals surface area contributed by atoms with Crippen LogP contribution in [-0.2, 0) is 19.1 Å². The highest BCUT2D eigenvalue weighted by molar-refractivity contribution is 8.00. The van der Waals surface area contributed by atoms with Gasteiger partial charge in [0.15, 0.2) is 12.1 Å². The first kappa shape index (κ1) is 22.0. The van der Waals surface area contributed by atoms with E-state index in [0.717, 1.165) is 52.5 Å². The summed E-state index contributed by atoms with van der Waals surface area (Å²) in [6.07, 6.45) is 6.28. The van der Waals surface area contributed by atoms with Gasteiger partial charge in [-0.05, 0) is 62.6 Å². The van der Waals surface area contributed by atoms with Crippen molar-refractivity contribution in [2.45, 2.75) is 62.9 Å². The maximum absolute atomic E-state index is 12.8. The van der Waals surface area contributed by atoms with Crippen LogP contribution in [0.25, 0.3) is 9.75 Å². The Bertz CT molecular complexity index is 879. The van der Waals surface area contributed by atoms with Crippen LogP contribution in [0.3, 0.4) is 0 Å². The first-order valence-corrected chi connectivity index (χ1v) is 13.1. The van der Waals surface area contributed by atoms with Crippen molar-refractivity contribution in [1.82, 2.24) is 5.48 Å². The summed E-state index contributed by atoms with van der Waals surface area (Å²) in [7, 11) is 0. The molecule has 1 unspecified atom stereocenters. The number of rotatable bonds is 7. The van der Waals surface area contributed by atoms with Crippen LogP contribution in [0.1, 0.15) is 66.4 Å². The largest absolute Gasteiger partial charge is 0.350 e. The fraction of sp³-hybridized carbons (Fsp3) is 0.545. The molecule has 2 aromatic rings. The lowest BCUT2D eigenvalue weighted by atomic mass is 9.94. The van der Waals surface area contributed by atoms with Gasteiger partial charge in [0.1, 0.15) is 0 Å². The maximum atomic E-state index is 12.8. The summed E-state index contributed by atoms with van der Waals surface area (Å²) < 4.78 is 5.32. The Hall–Kier alpha value is -1.19. The molecule has 8 heteroatoms. The first-order valence-electron chi connectivity index (χ1n) is 10.5. The van der Waals surface area contributed by atoms with E-state index in [0.29, 0.717) is 13.0 Å². The summed E-state index contributed by atoms with van der Waals surface area (Å²) in [6, 6.07) is 8.19. The zero-order valence-electron chi connectivity index (χ0n) is 17.1. The molecule has 2 fully saturated rings. The van der Waals surface area contributed by atoms with Crippen LogP contribution in [0, 0.1) is 0 Å². The summed E-state index contributed by atoms with van der Waals surface area (Å²) in [5.74, 6) is 1.06. The van der Waals surface area contributed by atoms with Gasteiger partial charge in [-0.2, -0.15) is 0 Å². The molecule has 2 aromatic heterocycles. The number of nitrogens with one attached hydrogen (secondary N) is 1. The number of thioether (sulfide) groups is 1. The molecule has 162 valence electrons. The van der Waals surface area contributed by atoms with Crippen LogP contribution >= 0.6 is 34.4 Å². The second-order valence-electron chi connectivity index (χ2n) is 7.80. The SMILES string of the molecule is CC(=O)c1ccc(-c2ccc([C@@]3(CC(=O)NOC4CCCCO4)CCCCS3)s2)s1. The number of hydrogen-bond acceptors (Lipinski definition) is 7. The van der Waals surface area contributed by atoms with Gasteiger partial charge in [-0.3, -0.25) is 9.59 Å². The van der Waals surface area contributed by atoms with Crippen molar-refractivity contribution in [3.8, 4) is 9.75 Å². The summed E-state index contributed by atoms with van der Waals surface area (Å²) in [4.78, 5) is 34.2. The van der Waals surface area contributed by atoms with E-state index in [1.807, 2.05) is 23.9 Å². The molecule has 0 spiro atoms. The molecule has 30 heavy (non-hydrogen) atoms. The number of hydrogen-bond donors (Lipinski definition) is 1. The Labute approximate surface area is 189 Å². The molecule has 2 atom stereocenters. The number of carbonyl (C=O) groups is 2. The lowest BCUT2D eigenvalue weighted by Crippen LogP contribution is -2.37. The molecule has 0 saturated carbocycles. The highest BCUT2D eigenvalue weighted by atomic mass is 32.2. The van der Waals surface area contributed by atoms with Gasteiger partial charge in [-0.1, -0.05) is 6.42 Å². The molecule has 4 rings (SSSR count). The Morgan fingerprint density at radius 2 is 1.97 bits per heavy atom. The minimum Gasteiger partial charge on any atom is -0.350 e. The molecule has 0 aliphatic carbocycles. The summed E-state index contributed by atoms with van der Waals surface area (Å²) in [6.45, 7) is 2.29. The first-order chi connectivity index (χ1) is 14.6. The standard InChI is InChI=1S/C22H27NO4S3/c1-15(24)16-7-8-17(29-16)18-9-10-19(30-18)22(11-3-5-13-28-22)14-20(25)23-27-21-6-2-4-12-26-21/h7-10,21H,2-6,11-14H2,1H3,(H,23,25)/t21?,22-/m0/s1. The van der Waals surface area contributed by atoms with Crippen LogP contribution in [0.5, 0.6) is 0 Å². The second kappa shape index (κ2) is 9.96. The average molecular weight is 466 g/mol. The number of ether oxygens (including phenoxy) is 1. The van der Waals surface area contributed by atoms with Crippen LogP contribution < -0.4 is 5.48 Å². The molecule has 2 aliphatic rings. The predicted molar refractivity (Wildman–Crippen MR) is 123 cm³/mol. The van der Waals surface area contributed by atoms with Crippen molar-refractivity contribution in [3.05, 3.63) is 34.0 Å². The second-order valence-corrected chi connectivity index (χ2v) is 11.4. The zero-order valence-corrected chi connectivity index (χ0v) is 19.6. The van der Waals surface area contributed by atoms with Crippen LogP contribution in [0.15, 0.2) is 24.3 Å². The van der Waals surface area contributed by atoms with E-state index in [2.05, 4.69) is 17.6 Å². The van der Waals surface area contributed by atoms with Gasteiger partial charge in [0.25, 0.3) is 0 Å². The molecule has 5 nitrogen and oxygen atoms in total. The molecule has 0 aromatic carbocycles. The monoisotopic (exact) mass is 465 g/mol. The Kier molecular flexibility index (Phi) is 7.31. The fourth-order valence-electron chi connectivity index (χ4n) is 3.88. The number of thiophene rings is 2. The topological polar surface area (TPSA) is 64.6 Å².